The van der Waals surface area contributed by atoms with Crippen LogP contribution in [-0.2, 0) is 11.0 Å². The summed E-state index contributed by atoms with van der Waals surface area (Å²) >= 11 is 3.28. The molecule has 9 heteroatoms. The lowest BCUT2D eigenvalue weighted by Gasteiger charge is -2.17. The van der Waals surface area contributed by atoms with Gasteiger partial charge in [0.2, 0.25) is 0 Å². The van der Waals surface area contributed by atoms with Crippen LogP contribution < -0.4 is 9.64 Å². The van der Waals surface area contributed by atoms with E-state index in [0.717, 1.165) is 11.4 Å². The van der Waals surface area contributed by atoms with Gasteiger partial charge in [0.05, 0.1) is 5.56 Å². The molecule has 5 nitrogen and oxygen atoms in total. The Balaban J connectivity index is 2.02. The minimum Gasteiger partial charge on any atom is -0.453 e. The van der Waals surface area contributed by atoms with E-state index in [2.05, 4.69) is 25.6 Å². The fourth-order valence-corrected chi connectivity index (χ4v) is 2.02. The van der Waals surface area contributed by atoms with Crippen molar-refractivity contribution in [2.45, 2.75) is 13.1 Å². The molecule has 0 atom stereocenters. The second-order valence-corrected chi connectivity index (χ2v) is 5.57. The van der Waals surface area contributed by atoms with Crippen molar-refractivity contribution in [3.05, 3.63) is 40.0 Å². The third-order valence-corrected chi connectivity index (χ3v) is 3.59. The predicted octanol–water partition coefficient (Wildman–Crippen LogP) is 3.81. The highest BCUT2D eigenvalue weighted by atomic mass is 79.9. The normalized spacial score (nSPS) is 11.4. The third kappa shape index (κ3) is 4.04. The molecule has 1 heterocycles. The van der Waals surface area contributed by atoms with Gasteiger partial charge < -0.3 is 14.2 Å². The fraction of sp³-hybridized carbons (Fsp3) is 0.286. The molecule has 0 saturated heterocycles. The maximum atomic E-state index is 12.6. The number of anilines is 1. The van der Waals surface area contributed by atoms with Crippen molar-refractivity contribution in [1.29, 1.82) is 0 Å². The van der Waals surface area contributed by atoms with Crippen molar-refractivity contribution in [2.75, 3.05) is 18.6 Å². The quantitative estimate of drug-likeness (QED) is 0.793. The maximum absolute atomic E-state index is 12.6. The molecule has 1 amide bonds. The van der Waals surface area contributed by atoms with Gasteiger partial charge in [-0.25, -0.2) is 0 Å². The van der Waals surface area contributed by atoms with Crippen LogP contribution in [-0.4, -0.2) is 24.7 Å². The van der Waals surface area contributed by atoms with Crippen LogP contribution in [0.3, 0.4) is 0 Å². The van der Waals surface area contributed by atoms with E-state index >= 15 is 0 Å². The van der Waals surface area contributed by atoms with E-state index in [1.54, 1.807) is 24.3 Å². The van der Waals surface area contributed by atoms with Crippen LogP contribution in [0.2, 0.25) is 0 Å². The second-order valence-electron chi connectivity index (χ2n) is 4.66. The summed E-state index contributed by atoms with van der Waals surface area (Å²) in [5, 5.41) is 2.92. The van der Waals surface area contributed by atoms with Gasteiger partial charge in [-0.2, -0.15) is 13.2 Å². The molecule has 0 spiro atoms. The summed E-state index contributed by atoms with van der Waals surface area (Å²) in [6.07, 6.45) is -4.63. The molecule has 0 unspecified atom stereocenters. The average Bonchev–Trinajstić information content (AvgIpc) is 2.86. The first-order valence-electron chi connectivity index (χ1n) is 6.38. The third-order valence-electron chi connectivity index (χ3n) is 3.06. The van der Waals surface area contributed by atoms with Crippen LogP contribution in [0, 0.1) is 6.92 Å². The molecule has 0 bridgehead atoms. The van der Waals surface area contributed by atoms with Gasteiger partial charge in [0.1, 0.15) is 0 Å². The van der Waals surface area contributed by atoms with Gasteiger partial charge in [-0.1, -0.05) is 21.1 Å². The predicted molar refractivity (Wildman–Crippen MR) is 79.3 cm³/mol. The van der Waals surface area contributed by atoms with Gasteiger partial charge in [0, 0.05) is 17.2 Å². The van der Waals surface area contributed by atoms with Crippen LogP contribution in [0.25, 0.3) is 0 Å². The SMILES string of the molecule is Cc1c(C(F)(F)F)noc1OCC(=O)N(C)c1ccc(Br)cc1. The Morgan fingerprint density at radius 3 is 2.48 bits per heavy atom. The van der Waals surface area contributed by atoms with Gasteiger partial charge >= 0.3 is 12.1 Å². The molecule has 0 N–H and O–H groups in total. The van der Waals surface area contributed by atoms with E-state index in [1.165, 1.54) is 11.9 Å². The van der Waals surface area contributed by atoms with E-state index in [1.807, 2.05) is 0 Å². The number of aromatic nitrogens is 1. The molecule has 1 aromatic carbocycles. The number of carbonyl (C=O) groups excluding carboxylic acids is 1. The number of alkyl halides is 3. The molecule has 0 radical (unpaired) electrons. The molecular formula is C14H12BrF3N2O3. The Morgan fingerprint density at radius 1 is 1.35 bits per heavy atom. The number of amides is 1. The number of likely N-dealkylation sites (N-methyl/N-ethyl adjacent to an activating group) is 1. The summed E-state index contributed by atoms with van der Waals surface area (Å²) in [6.45, 7) is 0.692. The number of hydrogen-bond acceptors (Lipinski definition) is 4. The highest BCUT2D eigenvalue weighted by Crippen LogP contribution is 2.34. The van der Waals surface area contributed by atoms with E-state index in [-0.39, 0.29) is 5.56 Å². The molecule has 0 saturated carbocycles. The van der Waals surface area contributed by atoms with E-state index in [0.29, 0.717) is 5.69 Å². The number of nitrogens with zero attached hydrogens (tertiary/aromatic N) is 2. The van der Waals surface area contributed by atoms with Crippen molar-refractivity contribution in [1.82, 2.24) is 5.16 Å². The van der Waals surface area contributed by atoms with Crippen LogP contribution >= 0.6 is 15.9 Å². The first-order chi connectivity index (χ1) is 10.7. The van der Waals surface area contributed by atoms with E-state index in [4.69, 9.17) is 4.74 Å². The monoisotopic (exact) mass is 392 g/mol. The summed E-state index contributed by atoms with van der Waals surface area (Å²) in [4.78, 5) is 13.3. The van der Waals surface area contributed by atoms with Crippen molar-refractivity contribution in [3.8, 4) is 5.95 Å². The maximum Gasteiger partial charge on any atom is 0.437 e. The first kappa shape index (κ1) is 17.3. The Bertz CT molecular complexity index is 698. The topological polar surface area (TPSA) is 55.6 Å². The molecule has 23 heavy (non-hydrogen) atoms. The van der Waals surface area contributed by atoms with Gasteiger partial charge in [-0.05, 0) is 31.2 Å². The second kappa shape index (κ2) is 6.61. The Kier molecular flexibility index (Phi) is 4.98. The molecule has 124 valence electrons. The molecule has 2 rings (SSSR count). The highest BCUT2D eigenvalue weighted by Gasteiger charge is 2.38. The minimum atomic E-state index is -4.63. The van der Waals surface area contributed by atoms with Crippen LogP contribution in [0.15, 0.2) is 33.3 Å². The summed E-state index contributed by atoms with van der Waals surface area (Å²) in [5.74, 6) is -0.869. The van der Waals surface area contributed by atoms with Crippen LogP contribution in [0.4, 0.5) is 18.9 Å². The van der Waals surface area contributed by atoms with Crippen molar-refractivity contribution >= 4 is 27.5 Å². The lowest BCUT2D eigenvalue weighted by atomic mass is 10.2. The molecule has 0 aliphatic rings. The van der Waals surface area contributed by atoms with Crippen molar-refractivity contribution in [3.63, 3.8) is 0 Å². The smallest absolute Gasteiger partial charge is 0.437 e. The van der Waals surface area contributed by atoms with Crippen LogP contribution in [0.5, 0.6) is 5.95 Å². The van der Waals surface area contributed by atoms with Gasteiger partial charge in [0.25, 0.3) is 5.91 Å². The molecule has 0 fully saturated rings. The minimum absolute atomic E-state index is 0.295. The zero-order valence-electron chi connectivity index (χ0n) is 12.1. The van der Waals surface area contributed by atoms with Gasteiger partial charge in [-0.3, -0.25) is 4.79 Å². The van der Waals surface area contributed by atoms with E-state index in [9.17, 15) is 18.0 Å². The Hall–Kier alpha value is -2.03. The lowest BCUT2D eigenvalue weighted by molar-refractivity contribution is -0.143. The number of ether oxygens (including phenoxy) is 1. The lowest BCUT2D eigenvalue weighted by Crippen LogP contribution is -2.31. The summed E-state index contributed by atoms with van der Waals surface area (Å²) in [6, 6.07) is 6.94. The fourth-order valence-electron chi connectivity index (χ4n) is 1.75. The van der Waals surface area contributed by atoms with E-state index < -0.39 is 30.3 Å². The van der Waals surface area contributed by atoms with Crippen molar-refractivity contribution < 1.29 is 27.2 Å². The summed E-state index contributed by atoms with van der Waals surface area (Å²) < 4.78 is 48.1. The molecule has 0 aliphatic carbocycles. The number of benzene rings is 1. The Labute approximate surface area is 138 Å². The van der Waals surface area contributed by atoms with Gasteiger partial charge in [0.15, 0.2) is 12.3 Å². The summed E-state index contributed by atoms with van der Waals surface area (Å²) in [5.41, 5.74) is -0.843. The Morgan fingerprint density at radius 2 is 1.96 bits per heavy atom. The number of rotatable bonds is 4. The average molecular weight is 393 g/mol. The number of hydrogen-bond donors (Lipinski definition) is 0. The molecule has 1 aromatic heterocycles. The molecule has 0 aliphatic heterocycles. The molecular weight excluding hydrogens is 381 g/mol. The number of halogens is 4. The van der Waals surface area contributed by atoms with Crippen molar-refractivity contribution in [2.24, 2.45) is 0 Å². The summed E-state index contributed by atoms with van der Waals surface area (Å²) in [7, 11) is 1.53. The molecule has 2 aromatic rings. The van der Waals surface area contributed by atoms with Gasteiger partial charge in [-0.15, -0.1) is 0 Å². The zero-order chi connectivity index (χ0) is 17.2. The number of carbonyl (C=O) groups is 1. The first-order valence-corrected chi connectivity index (χ1v) is 7.18. The highest BCUT2D eigenvalue weighted by molar-refractivity contribution is 9.10. The van der Waals surface area contributed by atoms with Crippen LogP contribution in [0.1, 0.15) is 11.3 Å². The standard InChI is InChI=1S/C14H12BrF3N2O3/c1-8-12(14(16,17)18)19-23-13(8)22-7-11(21)20(2)10-5-3-9(15)4-6-10/h3-6H,7H2,1-2H3. The zero-order valence-corrected chi connectivity index (χ0v) is 13.7. The largest absolute Gasteiger partial charge is 0.453 e.